The lowest BCUT2D eigenvalue weighted by molar-refractivity contribution is -0.120. The summed E-state index contributed by atoms with van der Waals surface area (Å²) in [7, 11) is 0. The Balaban J connectivity index is 1.62. The van der Waals surface area contributed by atoms with Crippen LogP contribution in [0.4, 0.5) is 0 Å². The Hall–Kier alpha value is -3.32. The summed E-state index contributed by atoms with van der Waals surface area (Å²) in [5, 5.41) is 3.50. The van der Waals surface area contributed by atoms with Gasteiger partial charge in [-0.2, -0.15) is 0 Å². The van der Waals surface area contributed by atoms with E-state index in [1.165, 1.54) is 11.8 Å². The van der Waals surface area contributed by atoms with Crippen LogP contribution in [-0.2, 0) is 17.9 Å². The topological polar surface area (TPSA) is 77.1 Å². The number of nitrogens with one attached hydrogen (secondary N) is 1. The molecule has 0 radical (unpaired) electrons. The monoisotopic (exact) mass is 419 g/mol. The zero-order valence-corrected chi connectivity index (χ0v) is 17.3. The molecule has 30 heavy (non-hydrogen) atoms. The van der Waals surface area contributed by atoms with Crippen LogP contribution < -0.4 is 10.9 Å². The Morgan fingerprint density at radius 1 is 1.10 bits per heavy atom. The van der Waals surface area contributed by atoms with Crippen LogP contribution in [0.1, 0.15) is 18.2 Å². The van der Waals surface area contributed by atoms with Gasteiger partial charge in [-0.3, -0.25) is 14.2 Å². The predicted octanol–water partition coefficient (Wildman–Crippen LogP) is 3.83. The van der Waals surface area contributed by atoms with E-state index in [1.54, 1.807) is 36.0 Å². The molecule has 0 saturated carbocycles. The van der Waals surface area contributed by atoms with Gasteiger partial charge in [0.05, 0.1) is 35.5 Å². The van der Waals surface area contributed by atoms with Gasteiger partial charge in [-0.1, -0.05) is 54.2 Å². The van der Waals surface area contributed by atoms with E-state index in [0.717, 1.165) is 5.56 Å². The van der Waals surface area contributed by atoms with Gasteiger partial charge in [-0.25, -0.2) is 4.98 Å². The minimum Gasteiger partial charge on any atom is -0.467 e. The lowest BCUT2D eigenvalue weighted by atomic mass is 10.2. The number of rotatable bonds is 7. The molecular weight excluding hydrogens is 398 g/mol. The summed E-state index contributed by atoms with van der Waals surface area (Å²) in [6.07, 6.45) is 1.57. The second-order valence-electron chi connectivity index (χ2n) is 6.85. The van der Waals surface area contributed by atoms with Crippen molar-refractivity contribution < 1.29 is 9.21 Å². The number of benzene rings is 2. The van der Waals surface area contributed by atoms with E-state index in [0.29, 0.717) is 34.9 Å². The van der Waals surface area contributed by atoms with E-state index in [4.69, 9.17) is 9.40 Å². The van der Waals surface area contributed by atoms with E-state index in [2.05, 4.69) is 5.32 Å². The molecule has 2 aromatic carbocycles. The molecule has 2 aromatic heterocycles. The molecule has 0 aliphatic carbocycles. The molecule has 0 saturated heterocycles. The zero-order valence-electron chi connectivity index (χ0n) is 16.4. The predicted molar refractivity (Wildman–Crippen MR) is 117 cm³/mol. The van der Waals surface area contributed by atoms with Gasteiger partial charge in [0.15, 0.2) is 5.16 Å². The number of aromatic nitrogens is 2. The van der Waals surface area contributed by atoms with Crippen molar-refractivity contribution >= 4 is 28.6 Å². The third kappa shape index (κ3) is 4.46. The molecule has 4 rings (SSSR count). The lowest BCUT2D eigenvalue weighted by Gasteiger charge is -2.16. The van der Waals surface area contributed by atoms with Crippen molar-refractivity contribution in [3.05, 3.63) is 94.7 Å². The standard InChI is InChI=1S/C23H21N3O3S/c1-16(21(27)24-14-18-10-7-13-29-18)30-23-25-20-12-6-5-11-19(20)22(28)26(23)15-17-8-3-2-4-9-17/h2-13,16H,14-15H2,1H3,(H,24,27)/t16-/m1/s1. The van der Waals surface area contributed by atoms with Crippen LogP contribution in [0.5, 0.6) is 0 Å². The molecule has 0 unspecified atom stereocenters. The summed E-state index contributed by atoms with van der Waals surface area (Å²) in [5.41, 5.74) is 1.50. The minimum absolute atomic E-state index is 0.116. The van der Waals surface area contributed by atoms with Crippen LogP contribution in [-0.4, -0.2) is 20.7 Å². The second-order valence-corrected chi connectivity index (χ2v) is 8.15. The van der Waals surface area contributed by atoms with Crippen LogP contribution in [0, 0.1) is 0 Å². The first-order valence-electron chi connectivity index (χ1n) is 9.62. The fourth-order valence-electron chi connectivity index (χ4n) is 3.09. The third-order valence-electron chi connectivity index (χ3n) is 4.68. The van der Waals surface area contributed by atoms with Crippen molar-refractivity contribution in [3.8, 4) is 0 Å². The number of amides is 1. The maximum atomic E-state index is 13.2. The number of furan rings is 1. The summed E-state index contributed by atoms with van der Waals surface area (Å²) in [5.74, 6) is 0.537. The van der Waals surface area contributed by atoms with Crippen molar-refractivity contribution in [1.29, 1.82) is 0 Å². The Bertz CT molecular complexity index is 1200. The number of nitrogens with zero attached hydrogens (tertiary/aromatic N) is 2. The number of para-hydroxylation sites is 1. The van der Waals surface area contributed by atoms with Crippen molar-refractivity contribution in [2.45, 2.75) is 30.4 Å². The molecule has 1 amide bonds. The van der Waals surface area contributed by atoms with Gasteiger partial charge >= 0.3 is 0 Å². The summed E-state index contributed by atoms with van der Waals surface area (Å²) in [4.78, 5) is 30.4. The average Bonchev–Trinajstić information content (AvgIpc) is 3.29. The van der Waals surface area contributed by atoms with Crippen LogP contribution in [0.25, 0.3) is 10.9 Å². The van der Waals surface area contributed by atoms with Crippen molar-refractivity contribution in [3.63, 3.8) is 0 Å². The SMILES string of the molecule is C[C@@H](Sc1nc2ccccc2c(=O)n1Cc1ccccc1)C(=O)NCc1ccco1. The number of carbonyl (C=O) groups is 1. The second kappa shape index (κ2) is 9.00. The van der Waals surface area contributed by atoms with Crippen LogP contribution in [0.15, 0.2) is 87.4 Å². The minimum atomic E-state index is -0.435. The third-order valence-corrected chi connectivity index (χ3v) is 5.77. The van der Waals surface area contributed by atoms with E-state index < -0.39 is 5.25 Å². The van der Waals surface area contributed by atoms with E-state index in [1.807, 2.05) is 48.5 Å². The molecule has 7 heteroatoms. The van der Waals surface area contributed by atoms with E-state index in [9.17, 15) is 9.59 Å². The quantitative estimate of drug-likeness (QED) is 0.364. The zero-order chi connectivity index (χ0) is 20.9. The molecule has 152 valence electrons. The first-order valence-corrected chi connectivity index (χ1v) is 10.5. The summed E-state index contributed by atoms with van der Waals surface area (Å²) < 4.78 is 6.89. The van der Waals surface area contributed by atoms with Crippen LogP contribution in [0.3, 0.4) is 0 Å². The Morgan fingerprint density at radius 2 is 1.87 bits per heavy atom. The first kappa shape index (κ1) is 20.0. The lowest BCUT2D eigenvalue weighted by Crippen LogP contribution is -2.31. The van der Waals surface area contributed by atoms with Gasteiger partial charge in [0, 0.05) is 0 Å². The molecule has 0 aliphatic rings. The Kier molecular flexibility index (Phi) is 5.99. The molecule has 0 fully saturated rings. The fraction of sp³-hybridized carbons (Fsp3) is 0.174. The highest BCUT2D eigenvalue weighted by atomic mass is 32.2. The molecule has 1 N–H and O–H groups in total. The maximum absolute atomic E-state index is 13.2. The van der Waals surface area contributed by atoms with Gasteiger partial charge in [0.2, 0.25) is 5.91 Å². The van der Waals surface area contributed by atoms with Crippen LogP contribution in [0.2, 0.25) is 0 Å². The van der Waals surface area contributed by atoms with Crippen LogP contribution >= 0.6 is 11.8 Å². The number of thioether (sulfide) groups is 1. The molecule has 4 aromatic rings. The van der Waals surface area contributed by atoms with Crippen molar-refractivity contribution in [1.82, 2.24) is 14.9 Å². The highest BCUT2D eigenvalue weighted by Gasteiger charge is 2.19. The van der Waals surface area contributed by atoms with Gasteiger partial charge in [-0.05, 0) is 36.8 Å². The summed E-state index contributed by atoms with van der Waals surface area (Å²) in [6, 6.07) is 20.6. The van der Waals surface area contributed by atoms with Crippen molar-refractivity contribution in [2.24, 2.45) is 0 Å². The molecule has 6 nitrogen and oxygen atoms in total. The summed E-state index contributed by atoms with van der Waals surface area (Å²) >= 11 is 1.27. The number of hydrogen-bond acceptors (Lipinski definition) is 5. The average molecular weight is 420 g/mol. The van der Waals surface area contributed by atoms with Gasteiger partial charge < -0.3 is 9.73 Å². The van der Waals surface area contributed by atoms with Crippen molar-refractivity contribution in [2.75, 3.05) is 0 Å². The summed E-state index contributed by atoms with van der Waals surface area (Å²) in [6.45, 7) is 2.51. The van der Waals surface area contributed by atoms with E-state index >= 15 is 0 Å². The maximum Gasteiger partial charge on any atom is 0.262 e. The number of hydrogen-bond donors (Lipinski definition) is 1. The number of carbonyl (C=O) groups excluding carboxylic acids is 1. The fourth-order valence-corrected chi connectivity index (χ4v) is 4.02. The largest absolute Gasteiger partial charge is 0.467 e. The molecule has 0 bridgehead atoms. The molecular formula is C23H21N3O3S. The molecule has 0 aliphatic heterocycles. The smallest absolute Gasteiger partial charge is 0.262 e. The Labute approximate surface area is 177 Å². The highest BCUT2D eigenvalue weighted by Crippen LogP contribution is 2.23. The molecule has 1 atom stereocenters. The normalized spacial score (nSPS) is 12.0. The molecule has 2 heterocycles. The molecule has 0 spiro atoms. The van der Waals surface area contributed by atoms with Gasteiger partial charge in [0.25, 0.3) is 5.56 Å². The van der Waals surface area contributed by atoms with Gasteiger partial charge in [0.1, 0.15) is 5.76 Å². The van der Waals surface area contributed by atoms with Gasteiger partial charge in [-0.15, -0.1) is 0 Å². The number of fused-ring (bicyclic) bond motifs is 1. The Morgan fingerprint density at radius 3 is 2.63 bits per heavy atom. The highest BCUT2D eigenvalue weighted by molar-refractivity contribution is 8.00. The van der Waals surface area contributed by atoms with E-state index in [-0.39, 0.29) is 11.5 Å². The first-order chi connectivity index (χ1) is 14.6.